The minimum absolute atomic E-state index is 0.139. The fraction of sp³-hybridized carbons (Fsp3) is 0.250. The van der Waals surface area contributed by atoms with E-state index in [9.17, 15) is 14.4 Å². The molecule has 10 heteroatoms. The van der Waals surface area contributed by atoms with Gasteiger partial charge in [0.1, 0.15) is 11.4 Å². The van der Waals surface area contributed by atoms with Gasteiger partial charge in [0, 0.05) is 35.1 Å². The third kappa shape index (κ3) is 5.06. The first-order chi connectivity index (χ1) is 18.1. The molecule has 1 atom stereocenters. The van der Waals surface area contributed by atoms with Crippen molar-refractivity contribution in [2.24, 2.45) is 4.99 Å². The zero-order valence-corrected chi connectivity index (χ0v) is 21.3. The average molecular weight is 513 g/mol. The van der Waals surface area contributed by atoms with Crippen LogP contribution in [0, 0.1) is 0 Å². The molecule has 5 rings (SSSR count). The highest BCUT2D eigenvalue weighted by Gasteiger charge is 2.37. The number of pyridine rings is 1. The van der Waals surface area contributed by atoms with Gasteiger partial charge in [-0.05, 0) is 57.0 Å². The number of hydrogen-bond donors (Lipinski definition) is 3. The summed E-state index contributed by atoms with van der Waals surface area (Å²) in [6.07, 6.45) is 0.181. The zero-order chi connectivity index (χ0) is 27.0. The van der Waals surface area contributed by atoms with Gasteiger partial charge >= 0.3 is 6.09 Å². The van der Waals surface area contributed by atoms with Crippen LogP contribution in [0.15, 0.2) is 65.8 Å². The Kier molecular flexibility index (Phi) is 6.31. The molecule has 2 aliphatic rings. The molecule has 3 heterocycles. The first-order valence-electron chi connectivity index (χ1n) is 12.2. The third-order valence-electron chi connectivity index (χ3n) is 6.07. The van der Waals surface area contributed by atoms with E-state index >= 15 is 0 Å². The van der Waals surface area contributed by atoms with E-state index in [1.165, 1.54) is 18.3 Å². The lowest BCUT2D eigenvalue weighted by Gasteiger charge is -2.21. The Morgan fingerprint density at radius 1 is 1.11 bits per heavy atom. The Morgan fingerprint density at radius 2 is 1.87 bits per heavy atom. The van der Waals surface area contributed by atoms with Crippen LogP contribution in [-0.4, -0.2) is 46.9 Å². The lowest BCUT2D eigenvalue weighted by molar-refractivity contribution is -0.120. The molecule has 194 valence electrons. The van der Waals surface area contributed by atoms with Crippen molar-refractivity contribution in [2.75, 3.05) is 22.5 Å². The first kappa shape index (κ1) is 24.9. The number of amides is 3. The Hall–Kier alpha value is -4.73. The smallest absolute Gasteiger partial charge is 0.413 e. The summed E-state index contributed by atoms with van der Waals surface area (Å²) in [5.41, 5.74) is 10.2. The molecule has 38 heavy (non-hydrogen) atoms. The number of carbonyl (C=O) groups excluding carboxylic acids is 3. The zero-order valence-electron chi connectivity index (χ0n) is 21.3. The van der Waals surface area contributed by atoms with E-state index in [1.807, 2.05) is 42.5 Å². The summed E-state index contributed by atoms with van der Waals surface area (Å²) in [7, 11) is 0. The van der Waals surface area contributed by atoms with Gasteiger partial charge in [0.25, 0.3) is 11.8 Å². The van der Waals surface area contributed by atoms with E-state index in [0.29, 0.717) is 24.4 Å². The number of benzene rings is 2. The minimum atomic E-state index is -1.17. The molecular weight excluding hydrogens is 484 g/mol. The fourth-order valence-corrected chi connectivity index (χ4v) is 4.55. The number of nitrogens with one attached hydrogen (secondary N) is 2. The summed E-state index contributed by atoms with van der Waals surface area (Å²) in [6.45, 7) is 5.70. The number of nitrogen functional groups attached to an aromatic ring is 1. The Balaban J connectivity index is 1.46. The van der Waals surface area contributed by atoms with Crippen LogP contribution in [0.2, 0.25) is 0 Å². The van der Waals surface area contributed by atoms with Crippen molar-refractivity contribution in [3.8, 4) is 0 Å². The molecule has 1 aromatic heterocycles. The maximum atomic E-state index is 13.6. The number of nitrogens with zero attached hydrogens (tertiary/aromatic N) is 3. The van der Waals surface area contributed by atoms with Crippen molar-refractivity contribution in [3.63, 3.8) is 0 Å². The maximum absolute atomic E-state index is 13.6. The fourth-order valence-electron chi connectivity index (χ4n) is 4.55. The molecule has 0 saturated heterocycles. The number of nitrogens with two attached hydrogens (primary N) is 1. The van der Waals surface area contributed by atoms with Gasteiger partial charge in [0.05, 0.1) is 11.4 Å². The standard InChI is InChI=1S/C28H28N6O4/c1-28(2,3)38-27(37)31-21-14-18(9-11-30-21)25(35)33-24-26(36)34-12-10-17-13-19(29)15-20(23(17)34)22(32-24)16-7-5-4-6-8-16/h4-9,11,13-15,24H,10,12,29H2,1-3H3,(H,33,35)(H,30,31,37). The van der Waals surface area contributed by atoms with Gasteiger partial charge in [-0.3, -0.25) is 14.9 Å². The van der Waals surface area contributed by atoms with Crippen molar-refractivity contribution in [1.29, 1.82) is 0 Å². The van der Waals surface area contributed by atoms with Crippen molar-refractivity contribution >= 4 is 40.8 Å². The normalized spacial score (nSPS) is 16.3. The summed E-state index contributed by atoms with van der Waals surface area (Å²) >= 11 is 0. The summed E-state index contributed by atoms with van der Waals surface area (Å²) in [5, 5.41) is 5.28. The Morgan fingerprint density at radius 3 is 2.61 bits per heavy atom. The monoisotopic (exact) mass is 512 g/mol. The number of carbonyl (C=O) groups is 3. The molecule has 3 aromatic rings. The van der Waals surface area contributed by atoms with E-state index in [0.717, 1.165) is 22.4 Å². The van der Waals surface area contributed by atoms with E-state index < -0.39 is 23.8 Å². The highest BCUT2D eigenvalue weighted by atomic mass is 16.6. The van der Waals surface area contributed by atoms with Crippen molar-refractivity contribution in [1.82, 2.24) is 10.3 Å². The van der Waals surface area contributed by atoms with Crippen LogP contribution in [0.3, 0.4) is 0 Å². The first-order valence-corrected chi connectivity index (χ1v) is 12.2. The number of rotatable bonds is 4. The topological polar surface area (TPSA) is 139 Å². The quantitative estimate of drug-likeness (QED) is 0.457. The van der Waals surface area contributed by atoms with Gasteiger partial charge in [-0.15, -0.1) is 0 Å². The molecule has 0 spiro atoms. The summed E-state index contributed by atoms with van der Waals surface area (Å²) in [4.78, 5) is 49.5. The minimum Gasteiger partial charge on any atom is -0.444 e. The van der Waals surface area contributed by atoms with Gasteiger partial charge in [-0.25, -0.2) is 14.8 Å². The predicted octanol–water partition coefficient (Wildman–Crippen LogP) is 3.51. The molecule has 0 aliphatic carbocycles. The van der Waals surface area contributed by atoms with Crippen LogP contribution in [0.25, 0.3) is 0 Å². The third-order valence-corrected chi connectivity index (χ3v) is 6.07. The number of hydrogen-bond acceptors (Lipinski definition) is 7. The molecule has 2 aromatic carbocycles. The number of aliphatic imine (C=N–C) groups is 1. The molecule has 10 nitrogen and oxygen atoms in total. The highest BCUT2D eigenvalue weighted by Crippen LogP contribution is 2.38. The van der Waals surface area contributed by atoms with Crippen LogP contribution >= 0.6 is 0 Å². The lowest BCUT2D eigenvalue weighted by atomic mass is 9.97. The van der Waals surface area contributed by atoms with Gasteiger partial charge in [-0.1, -0.05) is 30.3 Å². The van der Waals surface area contributed by atoms with Crippen molar-refractivity contribution < 1.29 is 19.1 Å². The Bertz CT molecular complexity index is 1460. The van der Waals surface area contributed by atoms with E-state index in [-0.39, 0.29) is 17.3 Å². The highest BCUT2D eigenvalue weighted by molar-refractivity contribution is 6.21. The summed E-state index contributed by atoms with van der Waals surface area (Å²) in [5.74, 6) is -0.742. The molecule has 2 aliphatic heterocycles. The van der Waals surface area contributed by atoms with Gasteiger partial charge in [-0.2, -0.15) is 0 Å². The van der Waals surface area contributed by atoms with Crippen molar-refractivity contribution in [2.45, 2.75) is 39.0 Å². The number of ether oxygens (including phenoxy) is 1. The molecule has 0 saturated carbocycles. The lowest BCUT2D eigenvalue weighted by Crippen LogP contribution is -2.47. The number of aromatic nitrogens is 1. The van der Waals surface area contributed by atoms with E-state index in [1.54, 1.807) is 25.7 Å². The molecule has 0 fully saturated rings. The summed E-state index contributed by atoms with van der Waals surface area (Å²) < 4.78 is 5.25. The second-order valence-electron chi connectivity index (χ2n) is 10.1. The molecule has 0 bridgehead atoms. The largest absolute Gasteiger partial charge is 0.444 e. The molecule has 3 amide bonds. The second-order valence-corrected chi connectivity index (χ2v) is 10.1. The Labute approximate surface area is 219 Å². The van der Waals surface area contributed by atoms with Crippen molar-refractivity contribution in [3.05, 3.63) is 83.0 Å². The van der Waals surface area contributed by atoms with Gasteiger partial charge < -0.3 is 20.7 Å². The predicted molar refractivity (Wildman–Crippen MR) is 144 cm³/mol. The van der Waals surface area contributed by atoms with Gasteiger partial charge in [0.15, 0.2) is 0 Å². The van der Waals surface area contributed by atoms with Crippen LogP contribution in [-0.2, 0) is 16.0 Å². The number of anilines is 3. The molecular formula is C28H28N6O4. The van der Waals surface area contributed by atoms with Crippen LogP contribution in [0.4, 0.5) is 22.0 Å². The SMILES string of the molecule is CC(C)(C)OC(=O)Nc1cc(C(=O)NC2N=C(c3ccccc3)c3cc(N)cc4c3N(CC4)C2=O)ccn1. The molecule has 1 unspecified atom stereocenters. The average Bonchev–Trinajstić information content (AvgIpc) is 3.24. The molecule has 4 N–H and O–H groups in total. The second kappa shape index (κ2) is 9.62. The van der Waals surface area contributed by atoms with Crippen LogP contribution < -0.4 is 21.3 Å². The summed E-state index contributed by atoms with van der Waals surface area (Å²) in [6, 6.07) is 16.1. The van der Waals surface area contributed by atoms with Gasteiger partial charge in [0.2, 0.25) is 6.17 Å². The van der Waals surface area contributed by atoms with Crippen LogP contribution in [0.1, 0.15) is 47.8 Å². The van der Waals surface area contributed by atoms with Crippen LogP contribution in [0.5, 0.6) is 0 Å². The molecule has 0 radical (unpaired) electrons. The maximum Gasteiger partial charge on any atom is 0.413 e. The van der Waals surface area contributed by atoms with E-state index in [2.05, 4.69) is 15.6 Å². The van der Waals surface area contributed by atoms with E-state index in [4.69, 9.17) is 15.5 Å².